The fraction of sp³-hybridized carbons (Fsp3) is 0.476. The number of carbonyl (C=O) groups is 2. The molecular weight excluding hydrogens is 346 g/mol. The van der Waals surface area contributed by atoms with E-state index in [9.17, 15) is 9.59 Å². The van der Waals surface area contributed by atoms with Crippen LogP contribution in [0.25, 0.3) is 10.8 Å². The van der Waals surface area contributed by atoms with Crippen LogP contribution < -0.4 is 0 Å². The van der Waals surface area contributed by atoms with Gasteiger partial charge in [0.05, 0.1) is 11.8 Å². The van der Waals surface area contributed by atoms with Crippen molar-refractivity contribution in [2.45, 2.75) is 58.5 Å². The molecule has 1 fully saturated rings. The van der Waals surface area contributed by atoms with Gasteiger partial charge >= 0.3 is 11.9 Å². The lowest BCUT2D eigenvalue weighted by molar-refractivity contribution is -0.226. The van der Waals surface area contributed by atoms with Crippen LogP contribution in [-0.2, 0) is 23.8 Å². The lowest BCUT2D eigenvalue weighted by atomic mass is 9.84. The molecule has 1 aromatic carbocycles. The number of benzene rings is 1. The van der Waals surface area contributed by atoms with E-state index < -0.39 is 30.3 Å². The van der Waals surface area contributed by atoms with E-state index in [-0.39, 0.29) is 12.0 Å². The van der Waals surface area contributed by atoms with Crippen molar-refractivity contribution in [3.8, 4) is 0 Å². The first-order valence-electron chi connectivity index (χ1n) is 9.26. The maximum Gasteiger partial charge on any atom is 0.303 e. The fourth-order valence-electron chi connectivity index (χ4n) is 3.82. The summed E-state index contributed by atoms with van der Waals surface area (Å²) >= 11 is 0. The Labute approximate surface area is 158 Å². The van der Waals surface area contributed by atoms with Gasteiger partial charge in [0.25, 0.3) is 0 Å². The minimum Gasteiger partial charge on any atom is -0.458 e. The molecule has 0 saturated carbocycles. The Kier molecular flexibility index (Phi) is 5.75. The van der Waals surface area contributed by atoms with Crippen molar-refractivity contribution in [3.63, 3.8) is 0 Å². The maximum atomic E-state index is 11.8. The zero-order valence-electron chi connectivity index (χ0n) is 16.0. The molecule has 5 atom stereocenters. The van der Waals surface area contributed by atoms with E-state index in [4.69, 9.17) is 14.2 Å². The molecule has 1 saturated heterocycles. The van der Waals surface area contributed by atoms with E-state index in [1.165, 1.54) is 13.8 Å². The van der Waals surface area contributed by atoms with Crippen molar-refractivity contribution >= 4 is 22.7 Å². The van der Waals surface area contributed by atoms with Crippen LogP contribution in [0.15, 0.2) is 36.5 Å². The molecule has 0 unspecified atom stereocenters. The molecule has 0 spiro atoms. The minimum absolute atomic E-state index is 0.116. The highest BCUT2D eigenvalue weighted by molar-refractivity contribution is 5.84. The lowest BCUT2D eigenvalue weighted by Gasteiger charge is -2.44. The Morgan fingerprint density at radius 2 is 1.74 bits per heavy atom. The molecule has 1 aliphatic rings. The first kappa shape index (κ1) is 19.3. The van der Waals surface area contributed by atoms with Crippen LogP contribution in [0.3, 0.4) is 0 Å². The lowest BCUT2D eigenvalue weighted by Crippen LogP contribution is -2.53. The smallest absolute Gasteiger partial charge is 0.303 e. The highest BCUT2D eigenvalue weighted by Crippen LogP contribution is 2.40. The van der Waals surface area contributed by atoms with E-state index in [0.717, 1.165) is 17.2 Å². The first-order chi connectivity index (χ1) is 12.9. The number of pyridine rings is 1. The van der Waals surface area contributed by atoms with Gasteiger partial charge in [0.1, 0.15) is 12.2 Å². The molecule has 0 aliphatic carbocycles. The van der Waals surface area contributed by atoms with Crippen molar-refractivity contribution in [2.24, 2.45) is 5.92 Å². The summed E-state index contributed by atoms with van der Waals surface area (Å²) in [4.78, 5) is 28.1. The van der Waals surface area contributed by atoms with E-state index in [1.807, 2.05) is 44.2 Å². The minimum atomic E-state index is -0.762. The van der Waals surface area contributed by atoms with Crippen LogP contribution in [0.4, 0.5) is 0 Å². The number of aromatic nitrogens is 1. The van der Waals surface area contributed by atoms with Crippen molar-refractivity contribution in [2.75, 3.05) is 0 Å². The van der Waals surface area contributed by atoms with E-state index in [1.54, 1.807) is 6.20 Å². The van der Waals surface area contributed by atoms with Gasteiger partial charge in [-0.3, -0.25) is 14.6 Å². The van der Waals surface area contributed by atoms with Crippen LogP contribution in [0, 0.1) is 5.92 Å². The third kappa shape index (κ3) is 3.95. The number of carbonyl (C=O) groups excluding carboxylic acids is 2. The molecule has 3 rings (SSSR count). The number of hydrogen-bond donors (Lipinski definition) is 0. The number of rotatable bonds is 4. The molecule has 0 amide bonds. The Morgan fingerprint density at radius 3 is 2.41 bits per heavy atom. The van der Waals surface area contributed by atoms with Crippen molar-refractivity contribution in [3.05, 3.63) is 42.2 Å². The highest BCUT2D eigenvalue weighted by Gasteiger charge is 2.48. The van der Waals surface area contributed by atoms with Crippen molar-refractivity contribution < 1.29 is 23.8 Å². The predicted molar refractivity (Wildman–Crippen MR) is 99.9 cm³/mol. The van der Waals surface area contributed by atoms with E-state index in [2.05, 4.69) is 4.98 Å². The second-order valence-electron chi connectivity index (χ2n) is 6.93. The molecule has 0 radical (unpaired) electrons. The third-order valence-corrected chi connectivity index (χ3v) is 5.03. The molecule has 0 bridgehead atoms. The molecule has 0 N–H and O–H groups in total. The summed E-state index contributed by atoms with van der Waals surface area (Å²) < 4.78 is 17.5. The van der Waals surface area contributed by atoms with Crippen LogP contribution >= 0.6 is 0 Å². The second-order valence-corrected chi connectivity index (χ2v) is 6.93. The van der Waals surface area contributed by atoms with Crippen LogP contribution in [0.1, 0.15) is 45.9 Å². The number of nitrogens with zero attached hydrogens (tertiary/aromatic N) is 1. The largest absolute Gasteiger partial charge is 0.458 e. The third-order valence-electron chi connectivity index (χ3n) is 5.03. The maximum absolute atomic E-state index is 11.8. The fourth-order valence-corrected chi connectivity index (χ4v) is 3.82. The summed E-state index contributed by atoms with van der Waals surface area (Å²) in [6, 6.07) is 9.77. The van der Waals surface area contributed by atoms with Gasteiger partial charge in [0.2, 0.25) is 0 Å². The average molecular weight is 371 g/mol. The Morgan fingerprint density at radius 1 is 1.07 bits per heavy atom. The average Bonchev–Trinajstić information content (AvgIpc) is 2.64. The molecule has 144 valence electrons. The zero-order chi connectivity index (χ0) is 19.6. The number of hydrogen-bond acceptors (Lipinski definition) is 6. The van der Waals surface area contributed by atoms with Crippen LogP contribution in [-0.4, -0.2) is 35.2 Å². The van der Waals surface area contributed by atoms with Crippen LogP contribution in [0.5, 0.6) is 0 Å². The normalized spacial score (nSPS) is 27.9. The first-order valence-corrected chi connectivity index (χ1v) is 9.26. The number of fused-ring (bicyclic) bond motifs is 1. The monoisotopic (exact) mass is 371 g/mol. The van der Waals surface area contributed by atoms with Gasteiger partial charge < -0.3 is 14.2 Å². The zero-order valence-corrected chi connectivity index (χ0v) is 16.0. The van der Waals surface area contributed by atoms with Crippen molar-refractivity contribution in [1.29, 1.82) is 0 Å². The molecule has 6 nitrogen and oxygen atoms in total. The number of esters is 2. The molecule has 2 aromatic rings. The summed E-state index contributed by atoms with van der Waals surface area (Å²) in [6.45, 7) is 6.67. The van der Waals surface area contributed by atoms with Gasteiger partial charge in [0, 0.05) is 31.3 Å². The van der Waals surface area contributed by atoms with Gasteiger partial charge in [-0.25, -0.2) is 0 Å². The highest BCUT2D eigenvalue weighted by atomic mass is 16.6. The van der Waals surface area contributed by atoms with Crippen molar-refractivity contribution in [1.82, 2.24) is 4.98 Å². The Bertz CT molecular complexity index is 831. The molecular formula is C21H25NO5. The van der Waals surface area contributed by atoms with Gasteiger partial charge in [-0.15, -0.1) is 0 Å². The van der Waals surface area contributed by atoms with Gasteiger partial charge in [0.15, 0.2) is 6.10 Å². The van der Waals surface area contributed by atoms with Crippen LogP contribution in [0.2, 0.25) is 0 Å². The molecule has 27 heavy (non-hydrogen) atoms. The molecule has 2 heterocycles. The SMILES string of the molecule is CC[C@H]1O[C@H](c2nccc3ccccc23)[C@H](OC(C)=O)[C@@H](OC(C)=O)[C@@H]1C. The second kappa shape index (κ2) is 8.05. The summed E-state index contributed by atoms with van der Waals surface area (Å²) in [7, 11) is 0. The summed E-state index contributed by atoms with van der Waals surface area (Å²) in [5.41, 5.74) is 0.682. The quantitative estimate of drug-likeness (QED) is 0.765. The molecule has 1 aromatic heterocycles. The standard InChI is InChI=1S/C21H25NO5/c1-5-17-12(2)19(25-13(3)23)21(26-14(4)24)20(27-17)18-16-9-7-6-8-15(16)10-11-22-18/h6-12,17,19-21H,5H2,1-4H3/t12-,17-,19+,20-,21-/m1/s1. The Balaban J connectivity index is 2.11. The van der Waals surface area contributed by atoms with E-state index in [0.29, 0.717) is 5.69 Å². The van der Waals surface area contributed by atoms with Gasteiger partial charge in [-0.1, -0.05) is 38.1 Å². The predicted octanol–water partition coefficient (Wildman–Crippen LogP) is 3.58. The van der Waals surface area contributed by atoms with Gasteiger partial charge in [-0.2, -0.15) is 0 Å². The van der Waals surface area contributed by atoms with E-state index >= 15 is 0 Å². The molecule has 6 heteroatoms. The molecule has 1 aliphatic heterocycles. The van der Waals surface area contributed by atoms with Gasteiger partial charge in [-0.05, 0) is 17.9 Å². The Hall–Kier alpha value is -2.47. The summed E-state index contributed by atoms with van der Waals surface area (Å²) in [6.07, 6.45) is 0.328. The number of ether oxygens (including phenoxy) is 3. The topological polar surface area (TPSA) is 74.7 Å². The summed E-state index contributed by atoms with van der Waals surface area (Å²) in [5.74, 6) is -0.979. The summed E-state index contributed by atoms with van der Waals surface area (Å²) in [5, 5.41) is 1.94.